The van der Waals surface area contributed by atoms with Gasteiger partial charge in [0, 0.05) is 25.3 Å². The number of rotatable bonds is 5. The van der Waals surface area contributed by atoms with Crippen molar-refractivity contribution >= 4 is 15.8 Å². The predicted molar refractivity (Wildman–Crippen MR) is 94.1 cm³/mol. The minimum absolute atomic E-state index is 0.130. The lowest BCUT2D eigenvalue weighted by Crippen LogP contribution is -2.32. The van der Waals surface area contributed by atoms with Crippen molar-refractivity contribution in [2.45, 2.75) is 36.5 Å². The molecule has 7 nitrogen and oxygen atoms in total. The average molecular weight is 353 g/mol. The van der Waals surface area contributed by atoms with E-state index in [1.807, 2.05) is 0 Å². The molecule has 2 aliphatic heterocycles. The smallest absolute Gasteiger partial charge is 0.222 e. The lowest BCUT2D eigenvalue weighted by atomic mass is 9.96. The molecule has 0 amide bonds. The quantitative estimate of drug-likeness (QED) is 0.719. The van der Waals surface area contributed by atoms with Crippen LogP contribution in [0.5, 0.6) is 0 Å². The minimum atomic E-state index is -3.32. The van der Waals surface area contributed by atoms with Crippen molar-refractivity contribution in [3.63, 3.8) is 0 Å². The molecule has 1 aromatic heterocycles. The highest BCUT2D eigenvalue weighted by Gasteiger charge is 2.25. The van der Waals surface area contributed by atoms with Crippen molar-refractivity contribution in [1.82, 2.24) is 20.6 Å². The molecule has 134 valence electrons. The standard InChI is InChI=1S/C16H27N5O2S/c1-24(22,23)14-11-20-16(19-9-12-4-7-17-8-5-12)21-15(14)13-3-2-6-18-10-13/h11-13,17-18H,2-10H2,1H3,(H,19,20,21)/t13-/m1/s1. The van der Waals surface area contributed by atoms with Crippen molar-refractivity contribution in [2.24, 2.45) is 5.92 Å². The van der Waals surface area contributed by atoms with E-state index in [1.54, 1.807) is 0 Å². The number of anilines is 1. The summed E-state index contributed by atoms with van der Waals surface area (Å²) >= 11 is 0. The van der Waals surface area contributed by atoms with Gasteiger partial charge in [-0.1, -0.05) is 0 Å². The molecule has 3 N–H and O–H groups in total. The van der Waals surface area contributed by atoms with E-state index in [0.717, 1.165) is 58.4 Å². The Morgan fingerprint density at radius 3 is 2.67 bits per heavy atom. The molecule has 1 atom stereocenters. The SMILES string of the molecule is CS(=O)(=O)c1cnc(NCC2CCNCC2)nc1[C@@H]1CCCNC1. The molecule has 2 saturated heterocycles. The van der Waals surface area contributed by atoms with Gasteiger partial charge in [0.15, 0.2) is 9.84 Å². The Bertz CT molecular complexity index is 652. The first-order valence-electron chi connectivity index (χ1n) is 8.76. The Labute approximate surface area is 144 Å². The molecule has 0 bridgehead atoms. The van der Waals surface area contributed by atoms with Gasteiger partial charge in [0.25, 0.3) is 0 Å². The van der Waals surface area contributed by atoms with Crippen molar-refractivity contribution in [1.29, 1.82) is 0 Å². The summed E-state index contributed by atoms with van der Waals surface area (Å²) in [7, 11) is -3.32. The summed E-state index contributed by atoms with van der Waals surface area (Å²) in [5, 5.41) is 10.00. The molecule has 0 unspecified atom stereocenters. The number of piperidine rings is 2. The van der Waals surface area contributed by atoms with E-state index in [-0.39, 0.29) is 10.8 Å². The van der Waals surface area contributed by atoms with Gasteiger partial charge < -0.3 is 16.0 Å². The van der Waals surface area contributed by atoms with E-state index >= 15 is 0 Å². The van der Waals surface area contributed by atoms with Crippen LogP contribution in [-0.2, 0) is 9.84 Å². The van der Waals surface area contributed by atoms with Crippen LogP contribution in [-0.4, -0.2) is 57.4 Å². The molecule has 0 saturated carbocycles. The van der Waals surface area contributed by atoms with E-state index in [4.69, 9.17) is 0 Å². The molecule has 2 fully saturated rings. The van der Waals surface area contributed by atoms with Gasteiger partial charge >= 0.3 is 0 Å². The molecule has 2 aliphatic rings. The van der Waals surface area contributed by atoms with Gasteiger partial charge in [0.2, 0.25) is 5.95 Å². The molecule has 1 aromatic rings. The van der Waals surface area contributed by atoms with Gasteiger partial charge in [0.1, 0.15) is 4.90 Å². The third-order valence-corrected chi connectivity index (χ3v) is 5.99. The van der Waals surface area contributed by atoms with Crippen molar-refractivity contribution in [2.75, 3.05) is 44.3 Å². The second kappa shape index (κ2) is 7.76. The maximum atomic E-state index is 12.1. The second-order valence-electron chi connectivity index (χ2n) is 6.83. The van der Waals surface area contributed by atoms with Gasteiger partial charge in [-0.3, -0.25) is 0 Å². The van der Waals surface area contributed by atoms with Crippen LogP contribution < -0.4 is 16.0 Å². The first-order chi connectivity index (χ1) is 11.5. The molecule has 24 heavy (non-hydrogen) atoms. The van der Waals surface area contributed by atoms with Gasteiger partial charge in [-0.2, -0.15) is 0 Å². The molecular formula is C16H27N5O2S. The third-order valence-electron chi connectivity index (χ3n) is 4.87. The van der Waals surface area contributed by atoms with Crippen LogP contribution in [0.4, 0.5) is 5.95 Å². The molecule has 8 heteroatoms. The molecule has 3 heterocycles. The zero-order valence-corrected chi connectivity index (χ0v) is 15.0. The number of sulfone groups is 1. The Morgan fingerprint density at radius 1 is 1.21 bits per heavy atom. The van der Waals surface area contributed by atoms with Crippen molar-refractivity contribution in [3.05, 3.63) is 11.9 Å². The fraction of sp³-hybridized carbons (Fsp3) is 0.750. The first-order valence-corrected chi connectivity index (χ1v) is 10.7. The highest BCUT2D eigenvalue weighted by Crippen LogP contribution is 2.28. The Morgan fingerprint density at radius 2 is 2.00 bits per heavy atom. The Hall–Kier alpha value is -1.25. The van der Waals surface area contributed by atoms with E-state index < -0.39 is 9.84 Å². The zero-order chi connectivity index (χ0) is 17.0. The summed E-state index contributed by atoms with van der Waals surface area (Å²) in [5.41, 5.74) is 0.660. The van der Waals surface area contributed by atoms with Crippen LogP contribution in [0, 0.1) is 5.92 Å². The monoisotopic (exact) mass is 353 g/mol. The molecular weight excluding hydrogens is 326 g/mol. The summed E-state index contributed by atoms with van der Waals surface area (Å²) in [6, 6.07) is 0. The fourth-order valence-corrected chi connectivity index (χ4v) is 4.29. The maximum absolute atomic E-state index is 12.1. The minimum Gasteiger partial charge on any atom is -0.354 e. The summed E-state index contributed by atoms with van der Waals surface area (Å²) in [6.45, 7) is 4.70. The van der Waals surface area contributed by atoms with E-state index in [1.165, 1.54) is 12.5 Å². The molecule has 3 rings (SSSR count). The van der Waals surface area contributed by atoms with Crippen LogP contribution >= 0.6 is 0 Å². The van der Waals surface area contributed by atoms with Crippen LogP contribution in [0.3, 0.4) is 0 Å². The number of aromatic nitrogens is 2. The Kier molecular flexibility index (Phi) is 5.68. The maximum Gasteiger partial charge on any atom is 0.222 e. The largest absolute Gasteiger partial charge is 0.354 e. The summed E-state index contributed by atoms with van der Waals surface area (Å²) in [4.78, 5) is 9.11. The van der Waals surface area contributed by atoms with E-state index in [0.29, 0.717) is 17.6 Å². The lowest BCUT2D eigenvalue weighted by molar-refractivity contribution is 0.389. The van der Waals surface area contributed by atoms with Crippen molar-refractivity contribution in [3.8, 4) is 0 Å². The van der Waals surface area contributed by atoms with Gasteiger partial charge in [0.05, 0.1) is 11.9 Å². The molecule has 0 aromatic carbocycles. The summed E-state index contributed by atoms with van der Waals surface area (Å²) in [5.74, 6) is 1.29. The van der Waals surface area contributed by atoms with Gasteiger partial charge in [-0.15, -0.1) is 0 Å². The van der Waals surface area contributed by atoms with Gasteiger partial charge in [-0.25, -0.2) is 18.4 Å². The zero-order valence-electron chi connectivity index (χ0n) is 14.2. The summed E-state index contributed by atoms with van der Waals surface area (Å²) in [6.07, 6.45) is 6.99. The number of nitrogens with zero attached hydrogens (tertiary/aromatic N) is 2. The molecule has 0 aliphatic carbocycles. The summed E-state index contributed by atoms with van der Waals surface area (Å²) < 4.78 is 24.2. The van der Waals surface area contributed by atoms with Crippen molar-refractivity contribution < 1.29 is 8.42 Å². The molecule has 0 spiro atoms. The van der Waals surface area contributed by atoms with E-state index in [9.17, 15) is 8.42 Å². The highest BCUT2D eigenvalue weighted by molar-refractivity contribution is 7.90. The van der Waals surface area contributed by atoms with Crippen LogP contribution in [0.1, 0.15) is 37.3 Å². The van der Waals surface area contributed by atoms with Crippen LogP contribution in [0.2, 0.25) is 0 Å². The molecule has 0 radical (unpaired) electrons. The normalized spacial score (nSPS) is 23.1. The highest BCUT2D eigenvalue weighted by atomic mass is 32.2. The van der Waals surface area contributed by atoms with Crippen LogP contribution in [0.15, 0.2) is 11.1 Å². The number of nitrogens with one attached hydrogen (secondary N) is 3. The predicted octanol–water partition coefficient (Wildman–Crippen LogP) is 0.759. The van der Waals surface area contributed by atoms with Crippen LogP contribution in [0.25, 0.3) is 0 Å². The fourth-order valence-electron chi connectivity index (χ4n) is 3.45. The van der Waals surface area contributed by atoms with E-state index in [2.05, 4.69) is 25.9 Å². The topological polar surface area (TPSA) is 96.0 Å². The lowest BCUT2D eigenvalue weighted by Gasteiger charge is -2.25. The first kappa shape index (κ1) is 17.6. The second-order valence-corrected chi connectivity index (χ2v) is 8.82. The number of hydrogen-bond acceptors (Lipinski definition) is 7. The number of hydrogen-bond donors (Lipinski definition) is 3. The Balaban J connectivity index is 1.77. The van der Waals surface area contributed by atoms with Gasteiger partial charge in [-0.05, 0) is 51.2 Å². The third kappa shape index (κ3) is 4.43. The average Bonchev–Trinajstić information content (AvgIpc) is 2.60.